The maximum Gasteiger partial charge on any atom is 0.229 e. The number of aryl methyl sites for hydroxylation is 1. The third-order valence-corrected chi connectivity index (χ3v) is 9.56. The number of imidazole rings is 1. The molecular formula is C19H27N3O2S2. The summed E-state index contributed by atoms with van der Waals surface area (Å²) in [5.74, 6) is 0.737. The van der Waals surface area contributed by atoms with Gasteiger partial charge in [0.05, 0.1) is 17.9 Å². The van der Waals surface area contributed by atoms with Crippen LogP contribution >= 0.6 is 11.8 Å². The van der Waals surface area contributed by atoms with Gasteiger partial charge in [0.2, 0.25) is 10.0 Å². The molecule has 0 spiro atoms. The van der Waals surface area contributed by atoms with E-state index in [0.717, 1.165) is 36.3 Å². The predicted molar refractivity (Wildman–Crippen MR) is 109 cm³/mol. The Kier molecular flexibility index (Phi) is 5.51. The molecule has 142 valence electrons. The first kappa shape index (κ1) is 19.5. The lowest BCUT2D eigenvalue weighted by Gasteiger charge is -2.38. The molecule has 5 nitrogen and oxygen atoms in total. The van der Waals surface area contributed by atoms with Crippen molar-refractivity contribution in [1.29, 1.82) is 0 Å². The summed E-state index contributed by atoms with van der Waals surface area (Å²) in [6.45, 7) is 6.16. The quantitative estimate of drug-likeness (QED) is 0.820. The maximum atomic E-state index is 13.2. The van der Waals surface area contributed by atoms with Crippen LogP contribution in [0.3, 0.4) is 0 Å². The third kappa shape index (κ3) is 3.57. The van der Waals surface area contributed by atoms with Crippen LogP contribution in [0, 0.1) is 6.92 Å². The van der Waals surface area contributed by atoms with E-state index in [1.807, 2.05) is 6.26 Å². The Morgan fingerprint density at radius 3 is 2.58 bits per heavy atom. The number of nitrogens with one attached hydrogen (secondary N) is 1. The van der Waals surface area contributed by atoms with Gasteiger partial charge in [-0.15, -0.1) is 11.8 Å². The molecule has 1 aliphatic heterocycles. The van der Waals surface area contributed by atoms with Crippen LogP contribution in [0.2, 0.25) is 0 Å². The molecule has 3 rings (SSSR count). The number of aromatic nitrogens is 2. The minimum Gasteiger partial charge on any atom is -0.341 e. The molecule has 7 heteroatoms. The number of aromatic amines is 1. The molecule has 0 saturated carbocycles. The number of H-pyrrole nitrogens is 1. The highest BCUT2D eigenvalue weighted by molar-refractivity contribution is 8.13. The Morgan fingerprint density at radius 1 is 1.23 bits per heavy atom. The zero-order chi connectivity index (χ0) is 18.9. The van der Waals surface area contributed by atoms with Crippen molar-refractivity contribution in [3.05, 3.63) is 41.9 Å². The maximum absolute atomic E-state index is 13.2. The smallest absolute Gasteiger partial charge is 0.229 e. The fourth-order valence-corrected chi connectivity index (χ4v) is 5.84. The molecular weight excluding hydrogens is 366 g/mol. The van der Waals surface area contributed by atoms with Crippen molar-refractivity contribution in [2.45, 2.75) is 50.2 Å². The summed E-state index contributed by atoms with van der Waals surface area (Å²) in [6.07, 6.45) is 6.35. The standard InChI is InChI=1S/C19H27N3O2S2/c1-14-8-10-15(11-9-14)16-13-20-18(21-16)17-7-5-6-12-22(17)26(23,24)19(2,3)25-4/h8-11,13,17H,5-7,12H2,1-4H3,(H,20,21). The Labute approximate surface area is 160 Å². The molecule has 2 heterocycles. The van der Waals surface area contributed by atoms with E-state index in [-0.39, 0.29) is 6.04 Å². The summed E-state index contributed by atoms with van der Waals surface area (Å²) >= 11 is 1.37. The van der Waals surface area contributed by atoms with Gasteiger partial charge in [-0.3, -0.25) is 0 Å². The number of thioether (sulfide) groups is 1. The van der Waals surface area contributed by atoms with Crippen LogP contribution in [0.1, 0.15) is 50.5 Å². The molecule has 0 aliphatic carbocycles. The molecule has 1 fully saturated rings. The number of rotatable bonds is 5. The molecule has 0 radical (unpaired) electrons. The summed E-state index contributed by atoms with van der Waals surface area (Å²) in [5, 5.41) is 0. The van der Waals surface area contributed by atoms with Gasteiger partial charge in [0, 0.05) is 6.54 Å². The third-order valence-electron chi connectivity index (χ3n) is 5.15. The highest BCUT2D eigenvalue weighted by Gasteiger charge is 2.44. The van der Waals surface area contributed by atoms with Crippen LogP contribution in [0.25, 0.3) is 11.3 Å². The minimum absolute atomic E-state index is 0.223. The topological polar surface area (TPSA) is 66.1 Å². The molecule has 0 amide bonds. The molecule has 1 N–H and O–H groups in total. The van der Waals surface area contributed by atoms with Crippen LogP contribution in [0.4, 0.5) is 0 Å². The minimum atomic E-state index is -3.43. The van der Waals surface area contributed by atoms with Gasteiger partial charge in [-0.25, -0.2) is 13.4 Å². The molecule has 0 bridgehead atoms. The van der Waals surface area contributed by atoms with E-state index in [1.54, 1.807) is 24.3 Å². The molecule has 1 aromatic carbocycles. The summed E-state index contributed by atoms with van der Waals surface area (Å²) in [4.78, 5) is 7.91. The van der Waals surface area contributed by atoms with Crippen molar-refractivity contribution >= 4 is 21.8 Å². The fourth-order valence-electron chi connectivity index (χ4n) is 3.24. The molecule has 26 heavy (non-hydrogen) atoms. The van der Waals surface area contributed by atoms with E-state index in [1.165, 1.54) is 17.3 Å². The number of hydrogen-bond acceptors (Lipinski definition) is 4. The molecule has 1 atom stereocenters. The summed E-state index contributed by atoms with van der Waals surface area (Å²) in [5.41, 5.74) is 3.19. The second-order valence-corrected chi connectivity index (χ2v) is 11.4. The average Bonchev–Trinajstić information content (AvgIpc) is 3.12. The first-order chi connectivity index (χ1) is 12.3. The lowest BCUT2D eigenvalue weighted by Crippen LogP contribution is -2.46. The van der Waals surface area contributed by atoms with Gasteiger partial charge in [0.15, 0.2) is 0 Å². The normalized spacial score (nSPS) is 19.6. The summed E-state index contributed by atoms with van der Waals surface area (Å²) < 4.78 is 27.2. The zero-order valence-electron chi connectivity index (χ0n) is 15.8. The van der Waals surface area contributed by atoms with Crippen molar-refractivity contribution in [3.63, 3.8) is 0 Å². The van der Waals surface area contributed by atoms with Gasteiger partial charge in [-0.1, -0.05) is 36.2 Å². The molecule has 1 aliphatic rings. The highest BCUT2D eigenvalue weighted by Crippen LogP contribution is 2.39. The first-order valence-corrected chi connectivity index (χ1v) is 11.6. The van der Waals surface area contributed by atoms with Crippen molar-refractivity contribution in [2.75, 3.05) is 12.8 Å². The van der Waals surface area contributed by atoms with Gasteiger partial charge in [0.1, 0.15) is 9.90 Å². The largest absolute Gasteiger partial charge is 0.341 e. The van der Waals surface area contributed by atoms with Gasteiger partial charge < -0.3 is 4.98 Å². The Balaban J connectivity index is 1.93. The van der Waals surface area contributed by atoms with E-state index in [4.69, 9.17) is 0 Å². The zero-order valence-corrected chi connectivity index (χ0v) is 17.5. The predicted octanol–water partition coefficient (Wildman–Crippen LogP) is 4.34. The highest BCUT2D eigenvalue weighted by atomic mass is 32.3. The average molecular weight is 394 g/mol. The van der Waals surface area contributed by atoms with Crippen molar-refractivity contribution in [2.24, 2.45) is 0 Å². The number of hydrogen-bond donors (Lipinski definition) is 1. The van der Waals surface area contributed by atoms with Crippen LogP contribution in [-0.4, -0.2) is 39.6 Å². The second kappa shape index (κ2) is 7.37. The van der Waals surface area contributed by atoms with Crippen molar-refractivity contribution < 1.29 is 8.42 Å². The number of sulfonamides is 1. The van der Waals surface area contributed by atoms with Crippen LogP contribution in [-0.2, 0) is 10.0 Å². The van der Waals surface area contributed by atoms with E-state index < -0.39 is 14.1 Å². The first-order valence-electron chi connectivity index (χ1n) is 8.95. The lowest BCUT2D eigenvalue weighted by molar-refractivity contribution is 0.245. The Morgan fingerprint density at radius 2 is 1.92 bits per heavy atom. The van der Waals surface area contributed by atoms with Crippen molar-refractivity contribution in [3.8, 4) is 11.3 Å². The molecule has 1 saturated heterocycles. The molecule has 1 aromatic heterocycles. The summed E-state index contributed by atoms with van der Waals surface area (Å²) in [7, 11) is -3.43. The summed E-state index contributed by atoms with van der Waals surface area (Å²) in [6, 6.07) is 8.01. The lowest BCUT2D eigenvalue weighted by atomic mass is 10.0. The van der Waals surface area contributed by atoms with Crippen molar-refractivity contribution in [1.82, 2.24) is 14.3 Å². The second-order valence-electron chi connectivity index (χ2n) is 7.28. The molecule has 2 aromatic rings. The number of nitrogens with zero attached hydrogens (tertiary/aromatic N) is 2. The van der Waals surface area contributed by atoms with Gasteiger partial charge in [-0.05, 0) is 45.4 Å². The monoisotopic (exact) mass is 393 g/mol. The van der Waals surface area contributed by atoms with Gasteiger partial charge in [0.25, 0.3) is 0 Å². The Hall–Kier alpha value is -1.31. The van der Waals surface area contributed by atoms with Gasteiger partial charge >= 0.3 is 0 Å². The van der Waals surface area contributed by atoms with Gasteiger partial charge in [-0.2, -0.15) is 4.31 Å². The van der Waals surface area contributed by atoms with E-state index in [9.17, 15) is 8.42 Å². The Bertz CT molecular complexity index is 857. The van der Waals surface area contributed by atoms with Crippen LogP contribution < -0.4 is 0 Å². The van der Waals surface area contributed by atoms with E-state index in [2.05, 4.69) is 41.2 Å². The van der Waals surface area contributed by atoms with Crippen LogP contribution in [0.15, 0.2) is 30.5 Å². The molecule has 1 unspecified atom stereocenters. The van der Waals surface area contributed by atoms with Crippen LogP contribution in [0.5, 0.6) is 0 Å². The van der Waals surface area contributed by atoms with E-state index >= 15 is 0 Å². The number of benzene rings is 1. The van der Waals surface area contributed by atoms with E-state index in [0.29, 0.717) is 6.54 Å². The SMILES string of the molecule is CSC(C)(C)S(=O)(=O)N1CCCCC1c1ncc(-c2ccc(C)cc2)[nH]1. The fraction of sp³-hybridized carbons (Fsp3) is 0.526. The number of piperidine rings is 1.